The molecule has 16 heavy (non-hydrogen) atoms. The summed E-state index contributed by atoms with van der Waals surface area (Å²) in [6.45, 7) is 0. The summed E-state index contributed by atoms with van der Waals surface area (Å²) < 4.78 is 0. The fraction of sp³-hybridized carbons (Fsp3) is 1.00. The Kier molecular flexibility index (Phi) is 4.51. The molecule has 3 atom stereocenters. The maximum atomic E-state index is 10.4. The van der Waals surface area contributed by atoms with E-state index in [2.05, 4.69) is 0 Å². The Balaban J connectivity index is 1.88. The van der Waals surface area contributed by atoms with Crippen molar-refractivity contribution in [3.05, 3.63) is 0 Å². The molecule has 0 aromatic carbocycles. The normalized spacial score (nSPS) is 42.9. The van der Waals surface area contributed by atoms with Gasteiger partial charge in [0, 0.05) is 17.3 Å². The number of rotatable bonds is 2. The lowest BCUT2D eigenvalue weighted by atomic mass is 9.73. The number of hydrogen-bond acceptors (Lipinski definition) is 2. The van der Waals surface area contributed by atoms with Crippen LogP contribution in [0.15, 0.2) is 0 Å². The van der Waals surface area contributed by atoms with E-state index in [1.54, 1.807) is 0 Å². The van der Waals surface area contributed by atoms with E-state index in [1.807, 2.05) is 0 Å². The topological polar surface area (TPSA) is 46.2 Å². The molecule has 0 aromatic rings. The number of hydrogen-bond donors (Lipinski definition) is 2. The first-order valence-electron chi connectivity index (χ1n) is 6.76. The lowest BCUT2D eigenvalue weighted by molar-refractivity contribution is 0.0107. The van der Waals surface area contributed by atoms with Gasteiger partial charge in [-0.3, -0.25) is 0 Å². The first-order chi connectivity index (χ1) is 7.68. The van der Waals surface area contributed by atoms with Crippen molar-refractivity contribution in [1.29, 1.82) is 0 Å². The Morgan fingerprint density at radius 2 is 1.62 bits per heavy atom. The average molecular weight is 246 g/mol. The molecule has 0 amide bonds. The molecule has 2 nitrogen and oxygen atoms in total. The molecule has 2 fully saturated rings. The van der Waals surface area contributed by atoms with Crippen molar-refractivity contribution in [2.24, 2.45) is 17.6 Å². The second-order valence-corrected chi connectivity index (χ2v) is 6.23. The smallest absolute Gasteiger partial charge is 0.0611 e. The van der Waals surface area contributed by atoms with Crippen LogP contribution in [0.2, 0.25) is 0 Å². The molecule has 0 radical (unpaired) electrons. The van der Waals surface area contributed by atoms with Crippen LogP contribution < -0.4 is 5.73 Å². The quantitative estimate of drug-likeness (QED) is 0.735. The lowest BCUT2D eigenvalue weighted by Gasteiger charge is -2.38. The van der Waals surface area contributed by atoms with Crippen LogP contribution in [0.5, 0.6) is 0 Å². The van der Waals surface area contributed by atoms with Crippen LogP contribution in [-0.4, -0.2) is 22.6 Å². The Labute approximate surface area is 104 Å². The molecule has 0 aromatic heterocycles. The van der Waals surface area contributed by atoms with Gasteiger partial charge < -0.3 is 10.8 Å². The van der Waals surface area contributed by atoms with Crippen molar-refractivity contribution in [2.45, 2.75) is 68.9 Å². The van der Waals surface area contributed by atoms with Crippen molar-refractivity contribution in [2.75, 3.05) is 0 Å². The molecule has 94 valence electrons. The largest absolute Gasteiger partial charge is 0.392 e. The second kappa shape index (κ2) is 5.70. The highest BCUT2D eigenvalue weighted by molar-refractivity contribution is 6.20. The molecule has 0 aliphatic heterocycles. The molecule has 3 heteroatoms. The molecule has 0 saturated heterocycles. The first kappa shape index (κ1) is 12.7. The van der Waals surface area contributed by atoms with Crippen LogP contribution in [0.3, 0.4) is 0 Å². The molecular formula is C13H24ClNO. The predicted octanol–water partition coefficient (Wildman–Crippen LogP) is 2.66. The maximum Gasteiger partial charge on any atom is 0.0611 e. The van der Waals surface area contributed by atoms with Gasteiger partial charge in [0.15, 0.2) is 0 Å². The summed E-state index contributed by atoms with van der Waals surface area (Å²) in [5.74, 6) is 0.787. The zero-order valence-corrected chi connectivity index (χ0v) is 10.7. The Hall–Kier alpha value is 0.210. The van der Waals surface area contributed by atoms with E-state index in [1.165, 1.54) is 12.8 Å². The van der Waals surface area contributed by atoms with Crippen molar-refractivity contribution >= 4 is 11.6 Å². The van der Waals surface area contributed by atoms with Crippen molar-refractivity contribution in [3.63, 3.8) is 0 Å². The third-order valence-electron chi connectivity index (χ3n) is 4.50. The van der Waals surface area contributed by atoms with Gasteiger partial charge in [0.2, 0.25) is 0 Å². The zero-order valence-electron chi connectivity index (χ0n) is 9.95. The van der Waals surface area contributed by atoms with Gasteiger partial charge in [-0.05, 0) is 44.4 Å². The Morgan fingerprint density at radius 3 is 2.25 bits per heavy atom. The average Bonchev–Trinajstić information content (AvgIpc) is 2.30. The van der Waals surface area contributed by atoms with Crippen LogP contribution in [-0.2, 0) is 0 Å². The van der Waals surface area contributed by atoms with E-state index in [0.29, 0.717) is 17.2 Å². The number of alkyl halides is 1. The SMILES string of the molecule is NC1CCCCC1C(O)C1CCC(Cl)CC1. The number of nitrogens with two attached hydrogens (primary N) is 1. The van der Waals surface area contributed by atoms with E-state index >= 15 is 0 Å². The van der Waals surface area contributed by atoms with Crippen molar-refractivity contribution < 1.29 is 5.11 Å². The van der Waals surface area contributed by atoms with E-state index < -0.39 is 0 Å². The number of aliphatic hydroxyl groups is 1. The van der Waals surface area contributed by atoms with Crippen LogP contribution in [0, 0.1) is 11.8 Å². The molecule has 0 spiro atoms. The van der Waals surface area contributed by atoms with Gasteiger partial charge in [0.25, 0.3) is 0 Å². The summed E-state index contributed by atoms with van der Waals surface area (Å²) in [6.07, 6.45) is 8.78. The predicted molar refractivity (Wildman–Crippen MR) is 67.5 cm³/mol. The minimum atomic E-state index is -0.181. The summed E-state index contributed by atoms with van der Waals surface area (Å²) in [7, 11) is 0. The van der Waals surface area contributed by atoms with Gasteiger partial charge in [-0.1, -0.05) is 12.8 Å². The van der Waals surface area contributed by atoms with Gasteiger partial charge in [0.1, 0.15) is 0 Å². The molecule has 3 unspecified atom stereocenters. The highest BCUT2D eigenvalue weighted by Gasteiger charge is 2.34. The van der Waals surface area contributed by atoms with Crippen LogP contribution in [0.4, 0.5) is 0 Å². The third-order valence-corrected chi connectivity index (χ3v) is 4.93. The monoisotopic (exact) mass is 245 g/mol. The number of halogens is 1. The summed E-state index contributed by atoms with van der Waals surface area (Å²) in [5, 5.41) is 10.8. The molecule has 3 N–H and O–H groups in total. The maximum absolute atomic E-state index is 10.4. The van der Waals surface area contributed by atoms with Gasteiger partial charge in [0.05, 0.1) is 6.10 Å². The Bertz CT molecular complexity index is 216. The van der Waals surface area contributed by atoms with E-state index in [9.17, 15) is 5.11 Å². The van der Waals surface area contributed by atoms with Crippen LogP contribution >= 0.6 is 11.6 Å². The summed E-state index contributed by atoms with van der Waals surface area (Å²) in [6, 6.07) is 0.220. The highest BCUT2D eigenvalue weighted by Crippen LogP contribution is 2.36. The molecule has 2 rings (SSSR count). The fourth-order valence-electron chi connectivity index (χ4n) is 3.38. The lowest BCUT2D eigenvalue weighted by Crippen LogP contribution is -2.44. The summed E-state index contributed by atoms with van der Waals surface area (Å²) in [5.41, 5.74) is 6.13. The molecular weight excluding hydrogens is 222 g/mol. The van der Waals surface area contributed by atoms with Crippen LogP contribution in [0.25, 0.3) is 0 Å². The van der Waals surface area contributed by atoms with E-state index in [4.69, 9.17) is 17.3 Å². The molecule has 0 bridgehead atoms. The van der Waals surface area contributed by atoms with Crippen LogP contribution in [0.1, 0.15) is 51.4 Å². The van der Waals surface area contributed by atoms with Gasteiger partial charge in [-0.15, -0.1) is 11.6 Å². The van der Waals surface area contributed by atoms with Gasteiger partial charge in [-0.2, -0.15) is 0 Å². The minimum absolute atomic E-state index is 0.181. The molecule has 2 aliphatic rings. The number of aliphatic hydroxyl groups excluding tert-OH is 1. The fourth-order valence-corrected chi connectivity index (χ4v) is 3.63. The highest BCUT2D eigenvalue weighted by atomic mass is 35.5. The molecule has 2 saturated carbocycles. The standard InChI is InChI=1S/C13H24ClNO/c14-10-7-5-9(6-8-10)13(16)11-3-1-2-4-12(11)15/h9-13,16H,1-8,15H2. The third kappa shape index (κ3) is 2.91. The first-order valence-corrected chi connectivity index (χ1v) is 7.20. The van der Waals surface area contributed by atoms with Gasteiger partial charge in [-0.25, -0.2) is 0 Å². The van der Waals surface area contributed by atoms with Crippen molar-refractivity contribution in [1.82, 2.24) is 0 Å². The second-order valence-electron chi connectivity index (χ2n) is 5.61. The van der Waals surface area contributed by atoms with E-state index in [-0.39, 0.29) is 12.1 Å². The molecule has 2 aliphatic carbocycles. The van der Waals surface area contributed by atoms with Gasteiger partial charge >= 0.3 is 0 Å². The van der Waals surface area contributed by atoms with E-state index in [0.717, 1.165) is 38.5 Å². The zero-order chi connectivity index (χ0) is 11.5. The minimum Gasteiger partial charge on any atom is -0.392 e. The Morgan fingerprint density at radius 1 is 1.00 bits per heavy atom. The molecule has 0 heterocycles. The van der Waals surface area contributed by atoms with Crippen molar-refractivity contribution in [3.8, 4) is 0 Å². The summed E-state index contributed by atoms with van der Waals surface area (Å²) >= 11 is 6.09. The summed E-state index contributed by atoms with van der Waals surface area (Å²) in [4.78, 5) is 0.